The largest absolute Gasteiger partial charge is 0.313 e. The normalized spacial score (nSPS) is 32.6. The van der Waals surface area contributed by atoms with Crippen LogP contribution in [-0.2, 0) is 6.54 Å². The first-order chi connectivity index (χ1) is 9.25. The zero-order chi connectivity index (χ0) is 13.2. The fraction of sp³-hybridized carbons (Fsp3) is 0.647. The van der Waals surface area contributed by atoms with Crippen LogP contribution in [0.4, 0.5) is 0 Å². The summed E-state index contributed by atoms with van der Waals surface area (Å²) in [7, 11) is 0. The van der Waals surface area contributed by atoms with Crippen molar-refractivity contribution in [2.24, 2.45) is 11.8 Å². The van der Waals surface area contributed by atoms with Crippen LogP contribution < -0.4 is 5.32 Å². The smallest absolute Gasteiger partial charge is 0.0363 e. The van der Waals surface area contributed by atoms with Crippen LogP contribution in [0.15, 0.2) is 24.3 Å². The molecule has 1 aromatic carbocycles. The fourth-order valence-electron chi connectivity index (χ4n) is 3.60. The summed E-state index contributed by atoms with van der Waals surface area (Å²) in [6, 6.07) is 9.63. The maximum atomic E-state index is 3.57. The number of piperidine rings is 1. The second kappa shape index (κ2) is 5.64. The number of nitrogens with zero attached hydrogens (tertiary/aromatic N) is 1. The molecule has 2 heteroatoms. The first-order valence-corrected chi connectivity index (χ1v) is 7.78. The molecule has 1 fully saturated rings. The SMILES string of the molecule is CC1CCN(C2CCNCc3ccccc32)CC1C. The van der Waals surface area contributed by atoms with E-state index >= 15 is 0 Å². The molecule has 3 rings (SSSR count). The third-order valence-electron chi connectivity index (χ3n) is 5.13. The summed E-state index contributed by atoms with van der Waals surface area (Å²) in [5.41, 5.74) is 3.06. The third kappa shape index (κ3) is 2.70. The second-order valence-corrected chi connectivity index (χ2v) is 6.42. The van der Waals surface area contributed by atoms with Crippen molar-refractivity contribution in [1.82, 2.24) is 10.2 Å². The number of hydrogen-bond donors (Lipinski definition) is 1. The van der Waals surface area contributed by atoms with Gasteiger partial charge in [0.05, 0.1) is 0 Å². The minimum absolute atomic E-state index is 0.626. The van der Waals surface area contributed by atoms with E-state index in [1.54, 1.807) is 5.56 Å². The van der Waals surface area contributed by atoms with Crippen LogP contribution in [-0.4, -0.2) is 24.5 Å². The highest BCUT2D eigenvalue weighted by molar-refractivity contribution is 5.31. The van der Waals surface area contributed by atoms with Gasteiger partial charge in [0.1, 0.15) is 0 Å². The first kappa shape index (κ1) is 13.1. The standard InChI is InChI=1S/C17H26N2/c1-13-8-10-19(12-14(13)2)17-7-9-18-11-15-5-3-4-6-16(15)17/h3-6,13-14,17-18H,7-12H2,1-2H3. The van der Waals surface area contributed by atoms with Crippen molar-refractivity contribution >= 4 is 0 Å². The van der Waals surface area contributed by atoms with Crippen molar-refractivity contribution in [3.05, 3.63) is 35.4 Å². The molecule has 0 aliphatic carbocycles. The Kier molecular flexibility index (Phi) is 3.90. The Labute approximate surface area is 117 Å². The molecule has 0 saturated carbocycles. The molecule has 0 spiro atoms. The van der Waals surface area contributed by atoms with E-state index in [1.807, 2.05) is 0 Å². The predicted octanol–water partition coefficient (Wildman–Crippen LogP) is 3.20. The van der Waals surface area contributed by atoms with E-state index in [4.69, 9.17) is 0 Å². The van der Waals surface area contributed by atoms with Crippen LogP contribution in [0.2, 0.25) is 0 Å². The lowest BCUT2D eigenvalue weighted by Gasteiger charge is -2.40. The number of benzene rings is 1. The summed E-state index contributed by atoms with van der Waals surface area (Å²) in [5.74, 6) is 1.72. The molecule has 1 saturated heterocycles. The number of rotatable bonds is 1. The molecule has 1 N–H and O–H groups in total. The molecule has 1 aromatic rings. The minimum Gasteiger partial charge on any atom is -0.313 e. The highest BCUT2D eigenvalue weighted by atomic mass is 15.2. The van der Waals surface area contributed by atoms with Gasteiger partial charge in [-0.15, -0.1) is 0 Å². The van der Waals surface area contributed by atoms with Crippen LogP contribution >= 0.6 is 0 Å². The number of nitrogens with one attached hydrogen (secondary N) is 1. The van der Waals surface area contributed by atoms with E-state index in [0.29, 0.717) is 6.04 Å². The summed E-state index contributed by atoms with van der Waals surface area (Å²) in [6.45, 7) is 9.53. The Morgan fingerprint density at radius 2 is 1.95 bits per heavy atom. The van der Waals surface area contributed by atoms with Crippen LogP contribution in [0, 0.1) is 11.8 Å². The average molecular weight is 258 g/mol. The van der Waals surface area contributed by atoms with E-state index in [-0.39, 0.29) is 0 Å². The summed E-state index contributed by atoms with van der Waals surface area (Å²) in [5, 5.41) is 3.57. The predicted molar refractivity (Wildman–Crippen MR) is 80.0 cm³/mol. The highest BCUT2D eigenvalue weighted by Gasteiger charge is 2.30. The van der Waals surface area contributed by atoms with Gasteiger partial charge < -0.3 is 5.32 Å². The van der Waals surface area contributed by atoms with Gasteiger partial charge >= 0.3 is 0 Å². The van der Waals surface area contributed by atoms with Gasteiger partial charge in [0, 0.05) is 19.1 Å². The lowest BCUT2D eigenvalue weighted by Crippen LogP contribution is -2.41. The van der Waals surface area contributed by atoms with Crippen molar-refractivity contribution in [3.63, 3.8) is 0 Å². The van der Waals surface area contributed by atoms with Gasteiger partial charge in [-0.05, 0) is 48.9 Å². The molecule has 2 aliphatic rings. The number of likely N-dealkylation sites (tertiary alicyclic amines) is 1. The lowest BCUT2D eigenvalue weighted by atomic mass is 9.86. The van der Waals surface area contributed by atoms with E-state index in [2.05, 4.69) is 48.3 Å². The molecule has 3 unspecified atom stereocenters. The molecule has 3 atom stereocenters. The Hall–Kier alpha value is -0.860. The topological polar surface area (TPSA) is 15.3 Å². The number of hydrogen-bond acceptors (Lipinski definition) is 2. The van der Waals surface area contributed by atoms with Gasteiger partial charge in [-0.1, -0.05) is 38.1 Å². The van der Waals surface area contributed by atoms with Crippen LogP contribution in [0.25, 0.3) is 0 Å². The van der Waals surface area contributed by atoms with Crippen LogP contribution in [0.1, 0.15) is 43.9 Å². The zero-order valence-corrected chi connectivity index (χ0v) is 12.2. The molecular formula is C17H26N2. The van der Waals surface area contributed by atoms with Gasteiger partial charge in [-0.3, -0.25) is 4.90 Å². The van der Waals surface area contributed by atoms with E-state index in [9.17, 15) is 0 Å². The molecular weight excluding hydrogens is 232 g/mol. The van der Waals surface area contributed by atoms with E-state index in [1.165, 1.54) is 31.5 Å². The molecule has 0 radical (unpaired) electrons. The summed E-state index contributed by atoms with van der Waals surface area (Å²) >= 11 is 0. The Balaban J connectivity index is 1.84. The molecule has 0 aromatic heterocycles. The van der Waals surface area contributed by atoms with E-state index in [0.717, 1.165) is 24.9 Å². The van der Waals surface area contributed by atoms with Crippen molar-refractivity contribution in [1.29, 1.82) is 0 Å². The monoisotopic (exact) mass is 258 g/mol. The molecule has 0 bridgehead atoms. The van der Waals surface area contributed by atoms with Crippen LogP contribution in [0.5, 0.6) is 0 Å². The van der Waals surface area contributed by atoms with Gasteiger partial charge in [0.2, 0.25) is 0 Å². The van der Waals surface area contributed by atoms with Gasteiger partial charge in [-0.25, -0.2) is 0 Å². The van der Waals surface area contributed by atoms with E-state index < -0.39 is 0 Å². The van der Waals surface area contributed by atoms with Crippen molar-refractivity contribution in [2.45, 2.75) is 39.3 Å². The zero-order valence-electron chi connectivity index (χ0n) is 12.2. The summed E-state index contributed by atoms with van der Waals surface area (Å²) in [4.78, 5) is 2.73. The maximum Gasteiger partial charge on any atom is 0.0363 e. The summed E-state index contributed by atoms with van der Waals surface area (Å²) < 4.78 is 0. The van der Waals surface area contributed by atoms with Crippen LogP contribution in [0.3, 0.4) is 0 Å². The molecule has 2 aliphatic heterocycles. The Morgan fingerprint density at radius 1 is 1.11 bits per heavy atom. The van der Waals surface area contributed by atoms with Gasteiger partial charge in [0.25, 0.3) is 0 Å². The van der Waals surface area contributed by atoms with Crippen molar-refractivity contribution < 1.29 is 0 Å². The average Bonchev–Trinajstić information content (AvgIpc) is 2.64. The van der Waals surface area contributed by atoms with Crippen molar-refractivity contribution in [3.8, 4) is 0 Å². The van der Waals surface area contributed by atoms with Crippen molar-refractivity contribution in [2.75, 3.05) is 19.6 Å². The molecule has 2 nitrogen and oxygen atoms in total. The Morgan fingerprint density at radius 3 is 2.79 bits per heavy atom. The number of fused-ring (bicyclic) bond motifs is 1. The first-order valence-electron chi connectivity index (χ1n) is 7.78. The second-order valence-electron chi connectivity index (χ2n) is 6.42. The fourth-order valence-corrected chi connectivity index (χ4v) is 3.60. The van der Waals surface area contributed by atoms with Gasteiger partial charge in [0.15, 0.2) is 0 Å². The molecule has 2 heterocycles. The lowest BCUT2D eigenvalue weighted by molar-refractivity contribution is 0.0918. The molecule has 0 amide bonds. The molecule has 104 valence electrons. The quantitative estimate of drug-likeness (QED) is 0.832. The summed E-state index contributed by atoms with van der Waals surface area (Å²) in [6.07, 6.45) is 2.60. The third-order valence-corrected chi connectivity index (χ3v) is 5.13. The minimum atomic E-state index is 0.626. The Bertz CT molecular complexity index is 429. The molecule has 19 heavy (non-hydrogen) atoms. The highest BCUT2D eigenvalue weighted by Crippen LogP contribution is 2.34. The van der Waals surface area contributed by atoms with Gasteiger partial charge in [-0.2, -0.15) is 0 Å². The maximum absolute atomic E-state index is 3.57.